The molecule has 0 bridgehead atoms. The summed E-state index contributed by atoms with van der Waals surface area (Å²) in [6, 6.07) is 0. The van der Waals surface area contributed by atoms with Crippen LogP contribution in [0.15, 0.2) is 0 Å². The molecule has 0 aliphatic carbocycles. The maximum atomic E-state index is 11.7. The van der Waals surface area contributed by atoms with Gasteiger partial charge in [0.15, 0.2) is 0 Å². The summed E-state index contributed by atoms with van der Waals surface area (Å²) in [6.07, 6.45) is 5.88. The van der Waals surface area contributed by atoms with Crippen LogP contribution in [0.5, 0.6) is 0 Å². The van der Waals surface area contributed by atoms with Gasteiger partial charge in [-0.25, -0.2) is 18.7 Å². The molecule has 0 aromatic heterocycles. The molecule has 25 heteroatoms. The van der Waals surface area contributed by atoms with Gasteiger partial charge in [-0.05, 0) is 6.42 Å². The molecule has 1 atom stereocenters. The van der Waals surface area contributed by atoms with Crippen LogP contribution in [-0.4, -0.2) is 258 Å². The number of hydrogen-bond donors (Lipinski definition) is 5. The molecular formula is C14H37Na7O15P2S. The fourth-order valence-corrected chi connectivity index (χ4v) is 4.41. The molecule has 0 aromatic rings. The van der Waals surface area contributed by atoms with Gasteiger partial charge in [0.2, 0.25) is 0 Å². The Hall–Kier alpha value is 5.75. The molecular weight excluding hydrogens is 663 g/mol. The van der Waals surface area contributed by atoms with Gasteiger partial charge >= 0.3 is 245 Å². The second-order valence-corrected chi connectivity index (χ2v) is 10.2. The van der Waals surface area contributed by atoms with Crippen molar-refractivity contribution in [3.63, 3.8) is 0 Å². The summed E-state index contributed by atoms with van der Waals surface area (Å²) in [6.45, 7) is 1.93. The van der Waals surface area contributed by atoms with E-state index in [4.69, 9.17) is 27.7 Å². The number of phosphoric acid groups is 2. The molecule has 15 nitrogen and oxygen atoms in total. The quantitative estimate of drug-likeness (QED) is 0.0632. The van der Waals surface area contributed by atoms with E-state index in [0.717, 1.165) is 25.7 Å². The van der Waals surface area contributed by atoms with E-state index in [-0.39, 0.29) is 214 Å². The predicted octanol–water partition coefficient (Wildman–Crippen LogP) is 0.346. The topological polar surface area (TPSA) is 240 Å². The second kappa shape index (κ2) is 39.9. The van der Waals surface area contributed by atoms with Crippen molar-refractivity contribution in [2.24, 2.45) is 0 Å². The SMILES string of the molecule is CCCCCCCCCCCCOP(=O)(O)OP(=O)(OC(=O)O)OC(=O)O.O=S(=O)(O)O.[NaH].[NaH].[NaH].[NaH].[NaH].[NaH].[NaH]. The van der Waals surface area contributed by atoms with Gasteiger partial charge in [-0.3, -0.25) is 13.6 Å². The van der Waals surface area contributed by atoms with Crippen molar-refractivity contribution in [3.05, 3.63) is 0 Å². The van der Waals surface area contributed by atoms with Gasteiger partial charge in [0, 0.05) is 0 Å². The van der Waals surface area contributed by atoms with Crippen molar-refractivity contribution < 1.29 is 69.2 Å². The summed E-state index contributed by atoms with van der Waals surface area (Å²) in [5.74, 6) is 0. The molecule has 0 amide bonds. The third kappa shape index (κ3) is 59.7. The van der Waals surface area contributed by atoms with Crippen LogP contribution in [-0.2, 0) is 37.4 Å². The monoisotopic (exact) mass is 700 g/mol. The number of carbonyl (C=O) groups is 2. The first kappa shape index (κ1) is 67.0. The Morgan fingerprint density at radius 3 is 1.23 bits per heavy atom. The Balaban J connectivity index is -0.0000000979. The average Bonchev–Trinajstić information content (AvgIpc) is 2.55. The molecule has 5 N–H and O–H groups in total. The molecule has 39 heavy (non-hydrogen) atoms. The van der Waals surface area contributed by atoms with E-state index in [1.54, 1.807) is 0 Å². The minimum atomic E-state index is -5.37. The van der Waals surface area contributed by atoms with Crippen molar-refractivity contribution >= 4 is 245 Å². The molecule has 0 aliphatic rings. The zero-order valence-corrected chi connectivity index (χ0v) is 20.0. The van der Waals surface area contributed by atoms with Gasteiger partial charge in [0.25, 0.3) is 0 Å². The third-order valence-corrected chi connectivity index (χ3v) is 6.23. The van der Waals surface area contributed by atoms with Gasteiger partial charge < -0.3 is 24.2 Å². The fraction of sp³-hybridized carbons (Fsp3) is 0.857. The van der Waals surface area contributed by atoms with E-state index in [9.17, 15) is 23.6 Å². The maximum absolute atomic E-state index is 11.7. The molecule has 0 heterocycles. The number of carboxylic acid groups (broad SMARTS) is 2. The van der Waals surface area contributed by atoms with E-state index in [2.05, 4.69) is 24.8 Å². The Morgan fingerprint density at radius 2 is 0.949 bits per heavy atom. The van der Waals surface area contributed by atoms with Crippen LogP contribution < -0.4 is 0 Å². The van der Waals surface area contributed by atoms with Gasteiger partial charge in [-0.15, -0.1) is 0 Å². The molecule has 0 fully saturated rings. The predicted molar refractivity (Wildman–Crippen MR) is 159 cm³/mol. The van der Waals surface area contributed by atoms with Crippen LogP contribution in [0.4, 0.5) is 9.59 Å². The zero-order valence-electron chi connectivity index (χ0n) is 17.4. The molecule has 0 aliphatic heterocycles. The number of hydrogen-bond acceptors (Lipinski definition) is 10. The van der Waals surface area contributed by atoms with Gasteiger partial charge in [0.1, 0.15) is 0 Å². The Bertz CT molecular complexity index is 737. The van der Waals surface area contributed by atoms with Crippen LogP contribution in [0.3, 0.4) is 0 Å². The Kier molecular flexibility index (Phi) is 68.6. The number of phosphoric ester groups is 2. The molecule has 1 unspecified atom stereocenters. The van der Waals surface area contributed by atoms with Gasteiger partial charge in [-0.2, -0.15) is 12.7 Å². The van der Waals surface area contributed by atoms with Crippen molar-refractivity contribution in [1.29, 1.82) is 0 Å². The fourth-order valence-electron chi connectivity index (χ4n) is 2.16. The Labute approximate surface area is 384 Å². The third-order valence-electron chi connectivity index (χ3n) is 3.34. The molecule has 0 spiro atoms. The molecule has 0 rings (SSSR count). The van der Waals surface area contributed by atoms with E-state index >= 15 is 0 Å². The van der Waals surface area contributed by atoms with Crippen molar-refractivity contribution in [2.45, 2.75) is 71.1 Å². The first-order valence-corrected chi connectivity index (χ1v) is 13.8. The van der Waals surface area contributed by atoms with E-state index in [0.29, 0.717) is 6.42 Å². The molecule has 0 aromatic carbocycles. The van der Waals surface area contributed by atoms with E-state index in [1.165, 1.54) is 32.1 Å². The number of rotatable bonds is 16. The van der Waals surface area contributed by atoms with Crippen LogP contribution in [0, 0.1) is 0 Å². The van der Waals surface area contributed by atoms with Crippen molar-refractivity contribution in [3.8, 4) is 0 Å². The summed E-state index contributed by atoms with van der Waals surface area (Å²) < 4.78 is 70.7. The second-order valence-electron chi connectivity index (χ2n) is 6.17. The zero-order chi connectivity index (χ0) is 25.3. The van der Waals surface area contributed by atoms with Crippen LogP contribution >= 0.6 is 15.6 Å². The Morgan fingerprint density at radius 1 is 0.667 bits per heavy atom. The van der Waals surface area contributed by atoms with E-state index < -0.39 is 38.4 Å². The standard InChI is InChI=1S/C14H28O11P2.7Na.H2O4S.7H/c1-2-3-4-5-6-7-8-9-10-11-12-22-26(19,20)25-27(21,23-13(15)16)24-14(17)18;;;;;;;;1-5(2,3)4;;;;;;;/h2-12H2,1H3,(H,15,16)(H,17,18)(H,19,20);;;;;;;;(H2,1,2,3,4);;;;;;;. The molecule has 0 saturated heterocycles. The summed E-state index contributed by atoms with van der Waals surface area (Å²) in [4.78, 5) is 30.2. The summed E-state index contributed by atoms with van der Waals surface area (Å²) >= 11 is 0. The molecule has 206 valence electrons. The van der Waals surface area contributed by atoms with Gasteiger partial charge in [0.05, 0.1) is 6.61 Å². The summed E-state index contributed by atoms with van der Waals surface area (Å²) in [7, 11) is -15.1. The van der Waals surface area contributed by atoms with Crippen LogP contribution in [0.25, 0.3) is 0 Å². The number of unbranched alkanes of at least 4 members (excludes halogenated alkanes) is 9. The van der Waals surface area contributed by atoms with Gasteiger partial charge in [-0.1, -0.05) is 64.7 Å². The minimum absolute atomic E-state index is 0. The first-order chi connectivity index (χ1) is 14.6. The van der Waals surface area contributed by atoms with E-state index in [1.807, 2.05) is 0 Å². The average molecular weight is 700 g/mol. The summed E-state index contributed by atoms with van der Waals surface area (Å²) in [5.41, 5.74) is 0. The summed E-state index contributed by atoms with van der Waals surface area (Å²) in [5, 5.41) is 16.8. The normalized spacial score (nSPS) is 11.0. The van der Waals surface area contributed by atoms with Crippen LogP contribution in [0.2, 0.25) is 0 Å². The molecule has 0 radical (unpaired) electrons. The van der Waals surface area contributed by atoms with Crippen LogP contribution in [0.1, 0.15) is 71.1 Å². The first-order valence-electron chi connectivity index (χ1n) is 9.44. The van der Waals surface area contributed by atoms with Crippen molar-refractivity contribution in [1.82, 2.24) is 0 Å². The van der Waals surface area contributed by atoms with Crippen molar-refractivity contribution in [2.75, 3.05) is 6.61 Å². The molecule has 0 saturated carbocycles.